The Balaban J connectivity index is 2.38. The fourth-order valence-electron chi connectivity index (χ4n) is 1.55. The zero-order chi connectivity index (χ0) is 14.9. The number of anilines is 1. The molecular weight excluding hydrogens is 302 g/mol. The van der Waals surface area contributed by atoms with Crippen LogP contribution in [0.3, 0.4) is 0 Å². The van der Waals surface area contributed by atoms with Crippen LogP contribution in [0.1, 0.15) is 11.1 Å². The summed E-state index contributed by atoms with van der Waals surface area (Å²) in [6.07, 6.45) is 2.25. The third-order valence-corrected chi connectivity index (χ3v) is 4.21. The summed E-state index contributed by atoms with van der Waals surface area (Å²) in [7, 11) is -3.80. The van der Waals surface area contributed by atoms with E-state index in [9.17, 15) is 13.5 Å². The molecule has 0 spiro atoms. The van der Waals surface area contributed by atoms with Crippen LogP contribution in [0.4, 0.5) is 5.69 Å². The van der Waals surface area contributed by atoms with E-state index < -0.39 is 10.0 Å². The number of aromatic nitrogens is 2. The SMILES string of the molecule is Cc1cc(NS(=O)(=O)c2cnc(Cl)nc2)c(C)cc1O. The number of halogens is 1. The maximum absolute atomic E-state index is 12.2. The number of benzene rings is 1. The quantitative estimate of drug-likeness (QED) is 0.670. The van der Waals surface area contributed by atoms with E-state index >= 15 is 0 Å². The van der Waals surface area contributed by atoms with Crippen molar-refractivity contribution in [3.8, 4) is 5.75 Å². The first-order chi connectivity index (χ1) is 9.29. The van der Waals surface area contributed by atoms with Gasteiger partial charge in [0.1, 0.15) is 10.6 Å². The molecule has 0 saturated carbocycles. The van der Waals surface area contributed by atoms with E-state index in [1.807, 2.05) is 0 Å². The zero-order valence-corrected chi connectivity index (χ0v) is 12.3. The summed E-state index contributed by atoms with van der Waals surface area (Å²) < 4.78 is 26.8. The molecular formula is C12H12ClN3O3S. The van der Waals surface area contributed by atoms with Gasteiger partial charge in [-0.05, 0) is 48.7 Å². The lowest BCUT2D eigenvalue weighted by Gasteiger charge is -2.12. The van der Waals surface area contributed by atoms with Gasteiger partial charge in [0.2, 0.25) is 5.28 Å². The van der Waals surface area contributed by atoms with E-state index in [1.54, 1.807) is 19.9 Å². The number of hydrogen-bond acceptors (Lipinski definition) is 5. The topological polar surface area (TPSA) is 92.2 Å². The summed E-state index contributed by atoms with van der Waals surface area (Å²) in [4.78, 5) is 7.18. The lowest BCUT2D eigenvalue weighted by molar-refractivity contribution is 0.471. The predicted molar refractivity (Wildman–Crippen MR) is 75.4 cm³/mol. The van der Waals surface area contributed by atoms with Gasteiger partial charge in [-0.2, -0.15) is 0 Å². The minimum atomic E-state index is -3.80. The Morgan fingerprint density at radius 2 is 1.75 bits per heavy atom. The van der Waals surface area contributed by atoms with Gasteiger partial charge in [0, 0.05) is 0 Å². The highest BCUT2D eigenvalue weighted by Gasteiger charge is 2.17. The first-order valence-electron chi connectivity index (χ1n) is 5.60. The molecule has 1 aromatic carbocycles. The first-order valence-corrected chi connectivity index (χ1v) is 7.46. The molecule has 2 N–H and O–H groups in total. The number of rotatable bonds is 3. The summed E-state index contributed by atoms with van der Waals surface area (Å²) >= 11 is 5.52. The molecule has 2 aromatic rings. The molecule has 0 bridgehead atoms. The number of hydrogen-bond donors (Lipinski definition) is 2. The fraction of sp³-hybridized carbons (Fsp3) is 0.167. The van der Waals surface area contributed by atoms with Crippen LogP contribution in [-0.2, 0) is 10.0 Å². The second kappa shape index (κ2) is 5.26. The van der Waals surface area contributed by atoms with Crippen LogP contribution in [0.2, 0.25) is 5.28 Å². The number of aromatic hydroxyl groups is 1. The summed E-state index contributed by atoms with van der Waals surface area (Å²) in [6, 6.07) is 3.05. The number of nitrogens with one attached hydrogen (secondary N) is 1. The molecule has 0 atom stereocenters. The molecule has 106 valence electrons. The molecule has 1 heterocycles. The van der Waals surface area contributed by atoms with Gasteiger partial charge < -0.3 is 5.11 Å². The molecule has 1 aromatic heterocycles. The second-order valence-electron chi connectivity index (χ2n) is 4.25. The van der Waals surface area contributed by atoms with Gasteiger partial charge in [0.15, 0.2) is 0 Å². The normalized spacial score (nSPS) is 11.3. The van der Waals surface area contributed by atoms with E-state index in [-0.39, 0.29) is 15.9 Å². The molecule has 0 saturated heterocycles. The molecule has 0 aliphatic carbocycles. The van der Waals surface area contributed by atoms with Crippen molar-refractivity contribution in [3.05, 3.63) is 40.9 Å². The Hall–Kier alpha value is -1.86. The van der Waals surface area contributed by atoms with E-state index in [0.717, 1.165) is 12.4 Å². The summed E-state index contributed by atoms with van der Waals surface area (Å²) in [5, 5.41) is 9.53. The molecule has 0 radical (unpaired) electrons. The van der Waals surface area contributed by atoms with Gasteiger partial charge in [-0.3, -0.25) is 4.72 Å². The number of nitrogens with zero attached hydrogens (tertiary/aromatic N) is 2. The van der Waals surface area contributed by atoms with Gasteiger partial charge >= 0.3 is 0 Å². The highest BCUT2D eigenvalue weighted by atomic mass is 35.5. The standard InChI is InChI=1S/C12H12ClN3O3S/c1-7-4-11(17)8(2)3-10(7)16-20(18,19)9-5-14-12(13)15-6-9/h3-6,16-17H,1-2H3. The van der Waals surface area contributed by atoms with Crippen LogP contribution < -0.4 is 4.72 Å². The average Bonchev–Trinajstić information content (AvgIpc) is 2.36. The molecule has 0 fully saturated rings. The van der Waals surface area contributed by atoms with E-state index in [4.69, 9.17) is 11.6 Å². The highest BCUT2D eigenvalue weighted by molar-refractivity contribution is 7.92. The van der Waals surface area contributed by atoms with E-state index in [1.165, 1.54) is 6.07 Å². The zero-order valence-electron chi connectivity index (χ0n) is 10.8. The van der Waals surface area contributed by atoms with Crippen molar-refractivity contribution in [2.45, 2.75) is 18.7 Å². The van der Waals surface area contributed by atoms with Crippen LogP contribution in [-0.4, -0.2) is 23.5 Å². The number of sulfonamides is 1. The largest absolute Gasteiger partial charge is 0.508 e. The second-order valence-corrected chi connectivity index (χ2v) is 6.27. The lowest BCUT2D eigenvalue weighted by atomic mass is 10.1. The van der Waals surface area contributed by atoms with Crippen molar-refractivity contribution in [1.82, 2.24) is 9.97 Å². The minimum absolute atomic E-state index is 0.0272. The Morgan fingerprint density at radius 3 is 2.35 bits per heavy atom. The van der Waals surface area contributed by atoms with E-state index in [2.05, 4.69) is 14.7 Å². The lowest BCUT2D eigenvalue weighted by Crippen LogP contribution is -2.14. The monoisotopic (exact) mass is 313 g/mol. The molecule has 8 heteroatoms. The molecule has 0 amide bonds. The average molecular weight is 314 g/mol. The van der Waals surface area contributed by atoms with Crippen LogP contribution >= 0.6 is 11.6 Å². The third kappa shape index (κ3) is 3.00. The maximum Gasteiger partial charge on any atom is 0.264 e. The molecule has 2 rings (SSSR count). The molecule has 0 aliphatic heterocycles. The molecule has 20 heavy (non-hydrogen) atoms. The van der Waals surface area contributed by atoms with Crippen molar-refractivity contribution >= 4 is 27.3 Å². The smallest absolute Gasteiger partial charge is 0.264 e. The van der Waals surface area contributed by atoms with Gasteiger partial charge in [0.05, 0.1) is 18.1 Å². The Bertz CT molecular complexity index is 745. The van der Waals surface area contributed by atoms with Crippen LogP contribution in [0.15, 0.2) is 29.4 Å². The van der Waals surface area contributed by atoms with Gasteiger partial charge in [-0.1, -0.05) is 0 Å². The number of phenolic OH excluding ortho intramolecular Hbond substituents is 1. The molecule has 0 unspecified atom stereocenters. The van der Waals surface area contributed by atoms with Crippen molar-refractivity contribution < 1.29 is 13.5 Å². The van der Waals surface area contributed by atoms with Crippen LogP contribution in [0.5, 0.6) is 5.75 Å². The van der Waals surface area contributed by atoms with Gasteiger partial charge in [0.25, 0.3) is 10.0 Å². The van der Waals surface area contributed by atoms with Crippen LogP contribution in [0.25, 0.3) is 0 Å². The van der Waals surface area contributed by atoms with Crippen molar-refractivity contribution in [1.29, 1.82) is 0 Å². The third-order valence-electron chi connectivity index (χ3n) is 2.69. The molecule has 6 nitrogen and oxygen atoms in total. The first kappa shape index (κ1) is 14.5. The Labute approximate surface area is 121 Å². The minimum Gasteiger partial charge on any atom is -0.508 e. The fourth-order valence-corrected chi connectivity index (χ4v) is 2.66. The predicted octanol–water partition coefficient (Wildman–Crippen LogP) is 2.25. The number of phenols is 1. The maximum atomic E-state index is 12.2. The Morgan fingerprint density at radius 1 is 1.15 bits per heavy atom. The van der Waals surface area contributed by atoms with E-state index in [0.29, 0.717) is 16.8 Å². The molecule has 0 aliphatic rings. The van der Waals surface area contributed by atoms with Crippen molar-refractivity contribution in [2.24, 2.45) is 0 Å². The number of aryl methyl sites for hydroxylation is 2. The summed E-state index contributed by atoms with van der Waals surface area (Å²) in [5.41, 5.74) is 1.56. The summed E-state index contributed by atoms with van der Waals surface area (Å²) in [5.74, 6) is 0.111. The van der Waals surface area contributed by atoms with Crippen molar-refractivity contribution in [3.63, 3.8) is 0 Å². The van der Waals surface area contributed by atoms with Gasteiger partial charge in [-0.15, -0.1) is 0 Å². The van der Waals surface area contributed by atoms with Gasteiger partial charge in [-0.25, -0.2) is 18.4 Å². The summed E-state index contributed by atoms with van der Waals surface area (Å²) in [6.45, 7) is 3.37. The Kier molecular flexibility index (Phi) is 3.82. The van der Waals surface area contributed by atoms with Crippen molar-refractivity contribution in [2.75, 3.05) is 4.72 Å². The van der Waals surface area contributed by atoms with Crippen LogP contribution in [0, 0.1) is 13.8 Å². The highest BCUT2D eigenvalue weighted by Crippen LogP contribution is 2.26.